The first-order valence-electron chi connectivity index (χ1n) is 11.3. The van der Waals surface area contributed by atoms with Gasteiger partial charge in [0.1, 0.15) is 12.6 Å². The third kappa shape index (κ3) is 5.90. The van der Waals surface area contributed by atoms with Crippen molar-refractivity contribution in [3.63, 3.8) is 0 Å². The van der Waals surface area contributed by atoms with Crippen molar-refractivity contribution < 1.29 is 29.0 Å². The highest BCUT2D eigenvalue weighted by atomic mass is 16.5. The summed E-state index contributed by atoms with van der Waals surface area (Å²) in [5.41, 5.74) is 4.35. The second-order valence-electron chi connectivity index (χ2n) is 8.34. The number of fused-ring (bicyclic) bond motifs is 3. The van der Waals surface area contributed by atoms with Crippen molar-refractivity contribution in [1.29, 1.82) is 0 Å². The molecule has 33 heavy (non-hydrogen) atoms. The lowest BCUT2D eigenvalue weighted by atomic mass is 9.98. The molecule has 2 aliphatic carbocycles. The summed E-state index contributed by atoms with van der Waals surface area (Å²) in [5.74, 6) is -1.87. The van der Waals surface area contributed by atoms with Gasteiger partial charge in [-0.1, -0.05) is 48.5 Å². The number of carbonyl (C=O) groups is 3. The molecule has 2 aliphatic rings. The molecule has 1 unspecified atom stereocenters. The minimum atomic E-state index is -1.22. The Kier molecular flexibility index (Phi) is 7.24. The zero-order valence-electron chi connectivity index (χ0n) is 18.3. The molecule has 0 aromatic heterocycles. The standard InChI is InChI=1S/C25H28N2O6/c28-23(29)14-22(24(30)26-12-5-13-32-16-10-11-16)27-25(31)33-15-21-19-8-3-1-6-17(19)18-7-2-4-9-20(18)21/h1-4,6-9,16,21-22H,5,10-15H2,(H,26,30)(H,27,31)(H,28,29). The molecule has 3 N–H and O–H groups in total. The minimum absolute atomic E-state index is 0.0831. The summed E-state index contributed by atoms with van der Waals surface area (Å²) in [6.07, 6.45) is 1.77. The first-order valence-corrected chi connectivity index (χ1v) is 11.3. The lowest BCUT2D eigenvalue weighted by molar-refractivity contribution is -0.139. The molecule has 4 rings (SSSR count). The van der Waals surface area contributed by atoms with Gasteiger partial charge in [0, 0.05) is 19.1 Å². The van der Waals surface area contributed by atoms with E-state index in [2.05, 4.69) is 10.6 Å². The number of carboxylic acids is 1. The molecule has 8 nitrogen and oxygen atoms in total. The summed E-state index contributed by atoms with van der Waals surface area (Å²) in [4.78, 5) is 36.1. The smallest absolute Gasteiger partial charge is 0.407 e. The lowest BCUT2D eigenvalue weighted by Crippen LogP contribution is -2.48. The molecular weight excluding hydrogens is 424 g/mol. The highest BCUT2D eigenvalue weighted by Gasteiger charge is 2.30. The Morgan fingerprint density at radius 1 is 1.00 bits per heavy atom. The minimum Gasteiger partial charge on any atom is -0.481 e. The Balaban J connectivity index is 1.31. The molecule has 1 fully saturated rings. The predicted molar refractivity (Wildman–Crippen MR) is 121 cm³/mol. The van der Waals surface area contributed by atoms with Gasteiger partial charge in [0.05, 0.1) is 12.5 Å². The van der Waals surface area contributed by atoms with E-state index in [4.69, 9.17) is 14.6 Å². The Labute approximate surface area is 192 Å². The van der Waals surface area contributed by atoms with Crippen molar-refractivity contribution in [2.24, 2.45) is 0 Å². The Bertz CT molecular complexity index is 974. The fourth-order valence-corrected chi connectivity index (χ4v) is 4.06. The number of ether oxygens (including phenoxy) is 2. The number of hydrogen-bond acceptors (Lipinski definition) is 5. The first-order chi connectivity index (χ1) is 16.0. The van der Waals surface area contributed by atoms with E-state index in [-0.39, 0.29) is 12.5 Å². The second-order valence-corrected chi connectivity index (χ2v) is 8.34. The van der Waals surface area contributed by atoms with Gasteiger partial charge in [0.25, 0.3) is 0 Å². The van der Waals surface area contributed by atoms with Gasteiger partial charge in [-0.3, -0.25) is 9.59 Å². The summed E-state index contributed by atoms with van der Waals surface area (Å²) in [6, 6.07) is 14.7. The molecule has 0 heterocycles. The fraction of sp³-hybridized carbons (Fsp3) is 0.400. The van der Waals surface area contributed by atoms with Crippen LogP contribution in [0.15, 0.2) is 48.5 Å². The molecule has 0 spiro atoms. The number of carbonyl (C=O) groups excluding carboxylic acids is 2. The average molecular weight is 453 g/mol. The van der Waals surface area contributed by atoms with Gasteiger partial charge in [-0.2, -0.15) is 0 Å². The molecule has 0 aliphatic heterocycles. The molecule has 0 radical (unpaired) electrons. The van der Waals surface area contributed by atoms with Crippen LogP contribution in [0.1, 0.15) is 42.7 Å². The molecule has 0 bridgehead atoms. The third-order valence-corrected chi connectivity index (χ3v) is 5.83. The normalized spacial score (nSPS) is 15.3. The summed E-state index contributed by atoms with van der Waals surface area (Å²) in [7, 11) is 0. The maximum Gasteiger partial charge on any atom is 0.407 e. The average Bonchev–Trinajstić information content (AvgIpc) is 3.58. The summed E-state index contributed by atoms with van der Waals surface area (Å²) >= 11 is 0. The van der Waals surface area contributed by atoms with Crippen LogP contribution in [0.25, 0.3) is 11.1 Å². The lowest BCUT2D eigenvalue weighted by Gasteiger charge is -2.18. The van der Waals surface area contributed by atoms with Gasteiger partial charge in [-0.25, -0.2) is 4.79 Å². The van der Waals surface area contributed by atoms with Crippen LogP contribution in [0, 0.1) is 0 Å². The Morgan fingerprint density at radius 3 is 2.24 bits per heavy atom. The van der Waals surface area contributed by atoms with E-state index < -0.39 is 30.4 Å². The Hall–Kier alpha value is -3.39. The largest absolute Gasteiger partial charge is 0.481 e. The zero-order valence-corrected chi connectivity index (χ0v) is 18.3. The van der Waals surface area contributed by atoms with E-state index in [1.54, 1.807) is 0 Å². The zero-order chi connectivity index (χ0) is 23.2. The van der Waals surface area contributed by atoms with Crippen molar-refractivity contribution in [2.45, 2.75) is 43.7 Å². The van der Waals surface area contributed by atoms with E-state index in [0.29, 0.717) is 25.7 Å². The van der Waals surface area contributed by atoms with Gasteiger partial charge in [-0.15, -0.1) is 0 Å². The maximum absolute atomic E-state index is 12.5. The molecule has 174 valence electrons. The van der Waals surface area contributed by atoms with E-state index in [0.717, 1.165) is 35.1 Å². The second kappa shape index (κ2) is 10.5. The van der Waals surface area contributed by atoms with Crippen molar-refractivity contribution in [3.05, 3.63) is 59.7 Å². The molecule has 2 aromatic rings. The SMILES string of the molecule is O=C(O)CC(NC(=O)OCC1c2ccccc2-c2ccccc21)C(=O)NCCCOC1CC1. The van der Waals surface area contributed by atoms with Gasteiger partial charge in [-0.05, 0) is 41.5 Å². The summed E-state index contributed by atoms with van der Waals surface area (Å²) < 4.78 is 11.0. The van der Waals surface area contributed by atoms with E-state index in [9.17, 15) is 14.4 Å². The summed E-state index contributed by atoms with van der Waals surface area (Å²) in [5, 5.41) is 14.2. The van der Waals surface area contributed by atoms with Crippen LogP contribution in [0.3, 0.4) is 0 Å². The number of rotatable bonds is 11. The number of aliphatic carboxylic acids is 1. The number of amides is 2. The van der Waals surface area contributed by atoms with E-state index in [1.165, 1.54) is 0 Å². The summed E-state index contributed by atoms with van der Waals surface area (Å²) in [6.45, 7) is 0.960. The molecule has 1 saturated carbocycles. The van der Waals surface area contributed by atoms with Crippen molar-refractivity contribution in [1.82, 2.24) is 10.6 Å². The predicted octanol–water partition coefficient (Wildman–Crippen LogP) is 3.05. The third-order valence-electron chi connectivity index (χ3n) is 5.83. The maximum atomic E-state index is 12.5. The van der Waals surface area contributed by atoms with Crippen molar-refractivity contribution in [3.8, 4) is 11.1 Å². The quantitative estimate of drug-likeness (QED) is 0.452. The number of benzene rings is 2. The molecule has 2 amide bonds. The van der Waals surface area contributed by atoms with E-state index in [1.807, 2.05) is 48.5 Å². The number of carboxylic acid groups (broad SMARTS) is 1. The van der Waals surface area contributed by atoms with Crippen molar-refractivity contribution >= 4 is 18.0 Å². The number of hydrogen-bond donors (Lipinski definition) is 3. The Morgan fingerprint density at radius 2 is 1.64 bits per heavy atom. The highest BCUT2D eigenvalue weighted by Crippen LogP contribution is 2.44. The van der Waals surface area contributed by atoms with Crippen molar-refractivity contribution in [2.75, 3.05) is 19.8 Å². The molecule has 8 heteroatoms. The highest BCUT2D eigenvalue weighted by molar-refractivity contribution is 5.89. The van der Waals surface area contributed by atoms with Gasteiger partial charge >= 0.3 is 12.1 Å². The van der Waals surface area contributed by atoms with Crippen LogP contribution < -0.4 is 10.6 Å². The number of alkyl carbamates (subject to hydrolysis) is 1. The van der Waals surface area contributed by atoms with Crippen LogP contribution >= 0.6 is 0 Å². The van der Waals surface area contributed by atoms with Crippen LogP contribution in [0.4, 0.5) is 4.79 Å². The van der Waals surface area contributed by atoms with Crippen LogP contribution in [0.5, 0.6) is 0 Å². The van der Waals surface area contributed by atoms with Gasteiger partial charge in [0.15, 0.2) is 0 Å². The first kappa shape index (κ1) is 22.8. The van der Waals surface area contributed by atoms with Crippen LogP contribution in [-0.4, -0.2) is 55.0 Å². The van der Waals surface area contributed by atoms with Crippen LogP contribution in [-0.2, 0) is 19.1 Å². The van der Waals surface area contributed by atoms with Crippen LogP contribution in [0.2, 0.25) is 0 Å². The van der Waals surface area contributed by atoms with E-state index >= 15 is 0 Å². The molecule has 1 atom stereocenters. The monoisotopic (exact) mass is 452 g/mol. The van der Waals surface area contributed by atoms with Gasteiger partial charge in [0.2, 0.25) is 5.91 Å². The molecular formula is C25H28N2O6. The molecule has 2 aromatic carbocycles. The number of nitrogens with one attached hydrogen (secondary N) is 2. The topological polar surface area (TPSA) is 114 Å². The van der Waals surface area contributed by atoms with Gasteiger partial charge < -0.3 is 25.2 Å². The fourth-order valence-electron chi connectivity index (χ4n) is 4.06. The molecule has 0 saturated heterocycles.